The monoisotopic (exact) mass is 271 g/mol. The molecule has 2 aliphatic rings. The van der Waals surface area contributed by atoms with E-state index in [0.717, 1.165) is 25.2 Å². The van der Waals surface area contributed by atoms with Gasteiger partial charge in [-0.2, -0.15) is 0 Å². The van der Waals surface area contributed by atoms with Crippen molar-refractivity contribution in [1.82, 2.24) is 5.32 Å². The number of hydrogen-bond donors (Lipinski definition) is 1. The minimum Gasteiger partial charge on any atom is -0.353 e. The molecule has 2 fully saturated rings. The minimum absolute atomic E-state index is 0.254. The Kier molecular flexibility index (Phi) is 5.81. The lowest BCUT2D eigenvalue weighted by Crippen LogP contribution is -2.42. The van der Waals surface area contributed by atoms with Crippen LogP contribution in [0.1, 0.15) is 64.2 Å². The largest absolute Gasteiger partial charge is 0.353 e. The van der Waals surface area contributed by atoms with Gasteiger partial charge >= 0.3 is 0 Å². The Morgan fingerprint density at radius 3 is 2.44 bits per heavy atom. The smallest absolute Gasteiger partial charge is 0.220 e. The van der Waals surface area contributed by atoms with Crippen LogP contribution in [-0.4, -0.2) is 17.8 Å². The predicted octanol–water partition coefficient (Wildman–Crippen LogP) is 3.87. The van der Waals surface area contributed by atoms with Gasteiger partial charge < -0.3 is 5.32 Å². The molecular weight excluding hydrogens is 246 g/mol. The van der Waals surface area contributed by atoms with E-state index in [4.69, 9.17) is 11.6 Å². The molecule has 0 aromatic rings. The number of carbonyl (C=O) groups is 1. The van der Waals surface area contributed by atoms with Crippen molar-refractivity contribution in [3.8, 4) is 0 Å². The van der Waals surface area contributed by atoms with Crippen LogP contribution in [0.2, 0.25) is 0 Å². The number of carbonyl (C=O) groups excluding carboxylic acids is 1. The molecule has 3 heteroatoms. The number of hydrogen-bond acceptors (Lipinski definition) is 1. The van der Waals surface area contributed by atoms with Crippen molar-refractivity contribution in [3.05, 3.63) is 0 Å². The first-order valence-electron chi connectivity index (χ1n) is 7.65. The maximum Gasteiger partial charge on any atom is 0.220 e. The highest BCUT2D eigenvalue weighted by Crippen LogP contribution is 2.29. The normalized spacial score (nSPS) is 29.4. The van der Waals surface area contributed by atoms with Crippen LogP contribution in [0.3, 0.4) is 0 Å². The SMILES string of the molecule is O=C(CCC1CCCC1)NC1CCCCC1CCl. The van der Waals surface area contributed by atoms with E-state index in [1.54, 1.807) is 0 Å². The Morgan fingerprint density at radius 2 is 1.72 bits per heavy atom. The molecule has 0 radical (unpaired) electrons. The molecule has 1 N–H and O–H groups in total. The number of rotatable bonds is 5. The van der Waals surface area contributed by atoms with E-state index in [2.05, 4.69) is 5.32 Å². The zero-order chi connectivity index (χ0) is 12.8. The lowest BCUT2D eigenvalue weighted by Gasteiger charge is -2.31. The van der Waals surface area contributed by atoms with Gasteiger partial charge in [0.25, 0.3) is 0 Å². The summed E-state index contributed by atoms with van der Waals surface area (Å²) in [6, 6.07) is 0.340. The Labute approximate surface area is 116 Å². The van der Waals surface area contributed by atoms with Crippen molar-refractivity contribution in [3.63, 3.8) is 0 Å². The Bertz CT molecular complexity index is 263. The average Bonchev–Trinajstić information content (AvgIpc) is 2.90. The van der Waals surface area contributed by atoms with Crippen LogP contribution in [0.5, 0.6) is 0 Å². The highest BCUT2D eigenvalue weighted by atomic mass is 35.5. The fraction of sp³-hybridized carbons (Fsp3) is 0.933. The fourth-order valence-corrected chi connectivity index (χ4v) is 3.86. The molecule has 104 valence electrons. The second-order valence-corrected chi connectivity index (χ2v) is 6.37. The van der Waals surface area contributed by atoms with Crippen molar-refractivity contribution < 1.29 is 4.79 Å². The van der Waals surface area contributed by atoms with Crippen molar-refractivity contribution in [1.29, 1.82) is 0 Å². The van der Waals surface area contributed by atoms with Gasteiger partial charge in [-0.1, -0.05) is 38.5 Å². The summed E-state index contributed by atoms with van der Waals surface area (Å²) in [5, 5.41) is 3.22. The van der Waals surface area contributed by atoms with E-state index in [9.17, 15) is 4.79 Å². The summed E-state index contributed by atoms with van der Waals surface area (Å²) < 4.78 is 0. The van der Waals surface area contributed by atoms with Gasteiger partial charge in [-0.3, -0.25) is 4.79 Å². The van der Waals surface area contributed by atoms with Gasteiger partial charge in [-0.25, -0.2) is 0 Å². The van der Waals surface area contributed by atoms with Crippen molar-refractivity contribution >= 4 is 17.5 Å². The fourth-order valence-electron chi connectivity index (χ4n) is 3.50. The zero-order valence-corrected chi connectivity index (χ0v) is 12.1. The Balaban J connectivity index is 1.68. The van der Waals surface area contributed by atoms with Crippen LogP contribution in [0.15, 0.2) is 0 Å². The van der Waals surface area contributed by atoms with Crippen LogP contribution in [0.4, 0.5) is 0 Å². The molecular formula is C15H26ClNO. The number of alkyl halides is 1. The quantitative estimate of drug-likeness (QED) is 0.756. The van der Waals surface area contributed by atoms with Crippen LogP contribution in [-0.2, 0) is 4.79 Å². The molecule has 2 nitrogen and oxygen atoms in total. The highest BCUT2D eigenvalue weighted by molar-refractivity contribution is 6.18. The predicted molar refractivity (Wildman–Crippen MR) is 75.8 cm³/mol. The molecule has 1 amide bonds. The molecule has 0 aromatic carbocycles. The minimum atomic E-state index is 0.254. The highest BCUT2D eigenvalue weighted by Gasteiger charge is 2.26. The van der Waals surface area contributed by atoms with E-state index in [0.29, 0.717) is 17.8 Å². The summed E-state index contributed by atoms with van der Waals surface area (Å²) in [6.07, 6.45) is 12.0. The van der Waals surface area contributed by atoms with Gasteiger partial charge in [-0.15, -0.1) is 11.6 Å². The van der Waals surface area contributed by atoms with Gasteiger partial charge in [0.2, 0.25) is 5.91 Å². The summed E-state index contributed by atoms with van der Waals surface area (Å²) in [7, 11) is 0. The molecule has 0 spiro atoms. The first kappa shape index (κ1) is 14.2. The van der Waals surface area contributed by atoms with Crippen molar-refractivity contribution in [2.24, 2.45) is 11.8 Å². The second-order valence-electron chi connectivity index (χ2n) is 6.06. The molecule has 0 saturated heterocycles. The number of halogens is 1. The molecule has 0 bridgehead atoms. The second kappa shape index (κ2) is 7.37. The summed E-state index contributed by atoms with van der Waals surface area (Å²) in [5.74, 6) is 2.25. The summed E-state index contributed by atoms with van der Waals surface area (Å²) in [6.45, 7) is 0. The van der Waals surface area contributed by atoms with Gasteiger partial charge in [0.1, 0.15) is 0 Å². The molecule has 2 unspecified atom stereocenters. The molecule has 0 heterocycles. The topological polar surface area (TPSA) is 29.1 Å². The van der Waals surface area contributed by atoms with E-state index >= 15 is 0 Å². The molecule has 0 aromatic heterocycles. The Morgan fingerprint density at radius 1 is 1.06 bits per heavy atom. The third-order valence-electron chi connectivity index (χ3n) is 4.71. The maximum absolute atomic E-state index is 12.0. The standard InChI is InChI=1S/C15H26ClNO/c16-11-13-7-3-4-8-14(13)17-15(18)10-9-12-5-1-2-6-12/h12-14H,1-11H2,(H,17,18). The maximum atomic E-state index is 12.0. The molecule has 2 rings (SSSR count). The van der Waals surface area contributed by atoms with Crippen LogP contribution in [0, 0.1) is 11.8 Å². The van der Waals surface area contributed by atoms with Gasteiger partial charge in [0.15, 0.2) is 0 Å². The van der Waals surface area contributed by atoms with Crippen molar-refractivity contribution in [2.75, 3.05) is 5.88 Å². The lowest BCUT2D eigenvalue weighted by molar-refractivity contribution is -0.122. The van der Waals surface area contributed by atoms with Crippen LogP contribution in [0.25, 0.3) is 0 Å². The summed E-state index contributed by atoms with van der Waals surface area (Å²) >= 11 is 5.99. The van der Waals surface area contributed by atoms with Gasteiger partial charge in [0.05, 0.1) is 0 Å². The number of nitrogens with one attached hydrogen (secondary N) is 1. The molecule has 2 aliphatic carbocycles. The average molecular weight is 272 g/mol. The summed E-state index contributed by atoms with van der Waals surface area (Å²) in [4.78, 5) is 12.0. The molecule has 18 heavy (non-hydrogen) atoms. The lowest BCUT2D eigenvalue weighted by atomic mass is 9.85. The van der Waals surface area contributed by atoms with Crippen LogP contribution >= 0.6 is 11.6 Å². The van der Waals surface area contributed by atoms with E-state index in [1.165, 1.54) is 44.9 Å². The summed E-state index contributed by atoms with van der Waals surface area (Å²) in [5.41, 5.74) is 0. The third-order valence-corrected chi connectivity index (χ3v) is 5.10. The number of amides is 1. The zero-order valence-electron chi connectivity index (χ0n) is 11.3. The van der Waals surface area contributed by atoms with E-state index in [1.807, 2.05) is 0 Å². The van der Waals surface area contributed by atoms with Gasteiger partial charge in [0, 0.05) is 18.3 Å². The molecule has 2 saturated carbocycles. The van der Waals surface area contributed by atoms with Gasteiger partial charge in [-0.05, 0) is 31.1 Å². The van der Waals surface area contributed by atoms with E-state index < -0.39 is 0 Å². The van der Waals surface area contributed by atoms with E-state index in [-0.39, 0.29) is 5.91 Å². The molecule has 2 atom stereocenters. The van der Waals surface area contributed by atoms with Crippen molar-refractivity contribution in [2.45, 2.75) is 70.3 Å². The third kappa shape index (κ3) is 4.15. The molecule has 0 aliphatic heterocycles. The Hall–Kier alpha value is -0.240. The first-order valence-corrected chi connectivity index (χ1v) is 8.18. The van der Waals surface area contributed by atoms with Crippen LogP contribution < -0.4 is 5.32 Å². The first-order chi connectivity index (χ1) is 8.79.